The van der Waals surface area contributed by atoms with Crippen molar-refractivity contribution in [2.45, 2.75) is 13.3 Å². The van der Waals surface area contributed by atoms with E-state index < -0.39 is 16.3 Å². The molecule has 8 heteroatoms. The van der Waals surface area contributed by atoms with Gasteiger partial charge in [0.05, 0.1) is 6.61 Å². The van der Waals surface area contributed by atoms with Gasteiger partial charge in [0.2, 0.25) is 0 Å². The van der Waals surface area contributed by atoms with Gasteiger partial charge in [-0.1, -0.05) is 15.9 Å². The van der Waals surface area contributed by atoms with E-state index in [1.54, 1.807) is 11.6 Å². The van der Waals surface area contributed by atoms with Crippen molar-refractivity contribution < 1.29 is 17.9 Å². The molecule has 84 valence electrons. The van der Waals surface area contributed by atoms with E-state index in [9.17, 15) is 13.2 Å². The van der Waals surface area contributed by atoms with E-state index in [1.807, 2.05) is 0 Å². The first-order valence-corrected chi connectivity index (χ1v) is 6.62. The molecule has 0 aromatic rings. The molecule has 0 aromatic carbocycles. The quantitative estimate of drug-likeness (QED) is 0.546. The van der Waals surface area contributed by atoms with Crippen molar-refractivity contribution in [3.63, 3.8) is 0 Å². The van der Waals surface area contributed by atoms with Gasteiger partial charge in [0, 0.05) is 11.9 Å². The van der Waals surface area contributed by atoms with Crippen molar-refractivity contribution in [2.75, 3.05) is 18.5 Å². The molecule has 0 heterocycles. The number of amides is 1. The molecule has 0 bridgehead atoms. The molecule has 0 atom stereocenters. The predicted molar refractivity (Wildman–Crippen MR) is 55.5 cm³/mol. The summed E-state index contributed by atoms with van der Waals surface area (Å²) in [6.45, 7) is 1.98. The summed E-state index contributed by atoms with van der Waals surface area (Å²) in [5.74, 6) is 0. The van der Waals surface area contributed by atoms with Crippen molar-refractivity contribution in [2.24, 2.45) is 0 Å². The van der Waals surface area contributed by atoms with Crippen LogP contribution in [0, 0.1) is 0 Å². The number of hydrogen-bond acceptors (Lipinski definition) is 4. The molecule has 0 saturated carbocycles. The lowest BCUT2D eigenvalue weighted by Crippen LogP contribution is -2.40. The van der Waals surface area contributed by atoms with Gasteiger partial charge >= 0.3 is 16.3 Å². The number of hydrogen-bond donors (Lipinski definition) is 2. The number of ether oxygens (including phenoxy) is 1. The third-order valence-corrected chi connectivity index (χ3v) is 2.68. The monoisotopic (exact) mass is 288 g/mol. The van der Waals surface area contributed by atoms with E-state index in [0.29, 0.717) is 11.8 Å². The second-order valence-electron chi connectivity index (χ2n) is 2.26. The minimum Gasteiger partial charge on any atom is -0.449 e. The highest BCUT2D eigenvalue weighted by Crippen LogP contribution is 1.87. The summed E-state index contributed by atoms with van der Waals surface area (Å²) in [7, 11) is -3.77. The van der Waals surface area contributed by atoms with Crippen molar-refractivity contribution in [1.29, 1.82) is 0 Å². The Labute approximate surface area is 91.7 Å². The SMILES string of the molecule is CCOC(=O)NS(=O)(=O)NCCCBr. The molecule has 0 fully saturated rings. The second-order valence-corrected chi connectivity index (χ2v) is 4.56. The Bertz CT molecular complexity index is 267. The Morgan fingerprint density at radius 1 is 1.50 bits per heavy atom. The first-order chi connectivity index (χ1) is 6.52. The minimum atomic E-state index is -3.77. The van der Waals surface area contributed by atoms with Crippen LogP contribution in [-0.2, 0) is 14.9 Å². The molecule has 0 aliphatic heterocycles. The van der Waals surface area contributed by atoms with Gasteiger partial charge in [0.1, 0.15) is 0 Å². The lowest BCUT2D eigenvalue weighted by molar-refractivity contribution is 0.158. The van der Waals surface area contributed by atoms with Crippen LogP contribution in [-0.4, -0.2) is 33.0 Å². The summed E-state index contributed by atoms with van der Waals surface area (Å²) in [6, 6.07) is 0. The maximum atomic E-state index is 11.1. The molecule has 0 radical (unpaired) electrons. The number of alkyl halides is 1. The van der Waals surface area contributed by atoms with E-state index >= 15 is 0 Å². The van der Waals surface area contributed by atoms with Crippen LogP contribution in [0.5, 0.6) is 0 Å². The maximum absolute atomic E-state index is 11.1. The molecule has 0 aliphatic carbocycles. The summed E-state index contributed by atoms with van der Waals surface area (Å²) >= 11 is 3.15. The zero-order chi connectivity index (χ0) is 11.0. The van der Waals surface area contributed by atoms with Gasteiger partial charge in [-0.2, -0.15) is 13.1 Å². The van der Waals surface area contributed by atoms with Crippen LogP contribution in [0.25, 0.3) is 0 Å². The Kier molecular flexibility index (Phi) is 6.85. The molecule has 1 amide bonds. The average molecular weight is 289 g/mol. The van der Waals surface area contributed by atoms with Gasteiger partial charge in [-0.15, -0.1) is 0 Å². The van der Waals surface area contributed by atoms with Crippen LogP contribution in [0.2, 0.25) is 0 Å². The summed E-state index contributed by atoms with van der Waals surface area (Å²) < 4.78 is 30.4. The molecule has 0 saturated heterocycles. The maximum Gasteiger partial charge on any atom is 0.421 e. The van der Waals surface area contributed by atoms with Gasteiger partial charge in [0.15, 0.2) is 0 Å². The van der Waals surface area contributed by atoms with E-state index in [-0.39, 0.29) is 13.2 Å². The Hall–Kier alpha value is -0.340. The predicted octanol–water partition coefficient (Wildman–Crippen LogP) is 0.352. The van der Waals surface area contributed by atoms with E-state index in [2.05, 4.69) is 25.4 Å². The first-order valence-electron chi connectivity index (χ1n) is 4.02. The minimum absolute atomic E-state index is 0.128. The van der Waals surface area contributed by atoms with Crippen LogP contribution < -0.4 is 9.44 Å². The lowest BCUT2D eigenvalue weighted by atomic mass is 10.5. The highest BCUT2D eigenvalue weighted by molar-refractivity contribution is 9.09. The van der Waals surface area contributed by atoms with Crippen LogP contribution in [0.4, 0.5) is 4.79 Å². The van der Waals surface area contributed by atoms with Gasteiger partial charge in [-0.3, -0.25) is 0 Å². The highest BCUT2D eigenvalue weighted by atomic mass is 79.9. The van der Waals surface area contributed by atoms with Gasteiger partial charge < -0.3 is 4.74 Å². The Morgan fingerprint density at radius 3 is 2.64 bits per heavy atom. The smallest absolute Gasteiger partial charge is 0.421 e. The zero-order valence-corrected chi connectivity index (χ0v) is 10.2. The van der Waals surface area contributed by atoms with E-state index in [1.165, 1.54) is 0 Å². The number of halogens is 1. The molecule has 0 unspecified atom stereocenters. The third-order valence-electron chi connectivity index (χ3n) is 1.10. The van der Waals surface area contributed by atoms with Crippen LogP contribution in [0.15, 0.2) is 0 Å². The molecular formula is C6H13BrN2O4S. The molecule has 6 nitrogen and oxygen atoms in total. The molecule has 14 heavy (non-hydrogen) atoms. The lowest BCUT2D eigenvalue weighted by Gasteiger charge is -2.06. The highest BCUT2D eigenvalue weighted by Gasteiger charge is 2.13. The first kappa shape index (κ1) is 13.7. The molecule has 0 rings (SSSR count). The van der Waals surface area contributed by atoms with Crippen molar-refractivity contribution in [3.8, 4) is 0 Å². The fraction of sp³-hybridized carbons (Fsp3) is 0.833. The second kappa shape index (κ2) is 7.02. The summed E-state index contributed by atoms with van der Waals surface area (Å²) in [5, 5.41) is 0.689. The largest absolute Gasteiger partial charge is 0.449 e. The molecule has 0 aliphatic rings. The summed E-state index contributed by atoms with van der Waals surface area (Å²) in [6.07, 6.45) is -0.331. The molecule has 0 aromatic heterocycles. The van der Waals surface area contributed by atoms with Crippen LogP contribution >= 0.6 is 15.9 Å². The van der Waals surface area contributed by atoms with E-state index in [0.717, 1.165) is 0 Å². The normalized spacial score (nSPS) is 11.0. The third kappa shape index (κ3) is 7.10. The van der Waals surface area contributed by atoms with Gasteiger partial charge in [-0.25, -0.2) is 9.52 Å². The van der Waals surface area contributed by atoms with Gasteiger partial charge in [-0.05, 0) is 13.3 Å². The average Bonchev–Trinajstić information content (AvgIpc) is 2.03. The Balaban J connectivity index is 3.89. The van der Waals surface area contributed by atoms with Crippen molar-refractivity contribution in [1.82, 2.24) is 9.44 Å². The zero-order valence-electron chi connectivity index (χ0n) is 7.75. The van der Waals surface area contributed by atoms with E-state index in [4.69, 9.17) is 0 Å². The van der Waals surface area contributed by atoms with Crippen LogP contribution in [0.3, 0.4) is 0 Å². The molecular weight excluding hydrogens is 276 g/mol. The Morgan fingerprint density at radius 2 is 2.14 bits per heavy atom. The fourth-order valence-corrected chi connectivity index (χ4v) is 1.62. The number of carbonyl (C=O) groups is 1. The summed E-state index contributed by atoms with van der Waals surface area (Å²) in [5.41, 5.74) is 0. The van der Waals surface area contributed by atoms with Gasteiger partial charge in [0.25, 0.3) is 0 Å². The number of nitrogens with one attached hydrogen (secondary N) is 2. The standard InChI is InChI=1S/C6H13BrN2O4S/c1-2-13-6(10)9-14(11,12)8-5-3-4-7/h8H,2-5H2,1H3,(H,9,10). The van der Waals surface area contributed by atoms with Crippen molar-refractivity contribution >= 4 is 32.2 Å². The molecule has 2 N–H and O–H groups in total. The fourth-order valence-electron chi connectivity index (χ4n) is 0.580. The van der Waals surface area contributed by atoms with Crippen LogP contribution in [0.1, 0.15) is 13.3 Å². The summed E-state index contributed by atoms with van der Waals surface area (Å²) in [4.78, 5) is 10.7. The molecule has 0 spiro atoms. The van der Waals surface area contributed by atoms with Crippen molar-refractivity contribution in [3.05, 3.63) is 0 Å². The number of carbonyl (C=O) groups excluding carboxylic acids is 1. The topological polar surface area (TPSA) is 84.5 Å². The number of rotatable bonds is 6.